The number of anilines is 7. The first-order chi connectivity index (χ1) is 32.1. The molecule has 68 heavy (non-hydrogen) atoms. The molecule has 2 aromatic heterocycles. The average Bonchev–Trinajstić information content (AvgIpc) is 4.11. The van der Waals surface area contributed by atoms with E-state index in [2.05, 4.69) is 108 Å². The van der Waals surface area contributed by atoms with Crippen LogP contribution in [0.2, 0.25) is 5.28 Å². The Kier molecular flexibility index (Phi) is 15.7. The van der Waals surface area contributed by atoms with E-state index < -0.39 is 11.6 Å². The second kappa shape index (κ2) is 21.5. The molecule has 4 bridgehead atoms. The summed E-state index contributed by atoms with van der Waals surface area (Å²) in [5.74, 6) is -1.70. The highest BCUT2D eigenvalue weighted by Crippen LogP contribution is 2.46. The fourth-order valence-electron chi connectivity index (χ4n) is 10.5. The van der Waals surface area contributed by atoms with Crippen LogP contribution in [-0.2, 0) is 9.59 Å². The van der Waals surface area contributed by atoms with E-state index in [0.29, 0.717) is 5.95 Å². The van der Waals surface area contributed by atoms with Gasteiger partial charge in [0.05, 0.1) is 24.2 Å². The molecule has 10 rings (SSSR count). The van der Waals surface area contributed by atoms with E-state index in [1.807, 2.05) is 36.4 Å². The number of allylic oxidation sites excluding steroid dienone is 2. The molecule has 2 amide bonds. The van der Waals surface area contributed by atoms with Crippen LogP contribution >= 0.6 is 11.6 Å². The zero-order valence-corrected chi connectivity index (χ0v) is 39.1. The second-order valence-electron chi connectivity index (χ2n) is 18.6. The van der Waals surface area contributed by atoms with Crippen LogP contribution in [0.4, 0.5) is 49.1 Å². The zero-order chi connectivity index (χ0) is 47.5. The van der Waals surface area contributed by atoms with Crippen molar-refractivity contribution in [3.05, 3.63) is 101 Å². The third-order valence-electron chi connectivity index (χ3n) is 14.0. The Morgan fingerprint density at radius 2 is 1.12 bits per heavy atom. The molecule has 16 nitrogen and oxygen atoms in total. The third-order valence-corrected chi connectivity index (χ3v) is 14.2. The van der Waals surface area contributed by atoms with Crippen LogP contribution in [0, 0.1) is 61.0 Å². The van der Waals surface area contributed by atoms with Gasteiger partial charge in [0.25, 0.3) is 0 Å². The Bertz CT molecular complexity index is 2500. The number of aromatic nitrogens is 4. The summed E-state index contributed by atoms with van der Waals surface area (Å²) in [6.45, 7) is 12.8. The van der Waals surface area contributed by atoms with Crippen molar-refractivity contribution in [2.45, 2.75) is 46.2 Å². The number of nitrogen functional groups attached to an aromatic ring is 1. The summed E-state index contributed by atoms with van der Waals surface area (Å²) in [4.78, 5) is 48.9. The van der Waals surface area contributed by atoms with Gasteiger partial charge in [-0.05, 0) is 124 Å². The Hall–Kier alpha value is -6.11. The lowest BCUT2D eigenvalue weighted by atomic mass is 9.88. The number of piperazine rings is 2. The molecule has 9 N–H and O–H groups in total. The maximum Gasteiger partial charge on any atom is 0.229 e. The number of hydrogen-bond donors (Lipinski definition) is 6. The number of nitrogens with two attached hydrogens (primary N) is 3. The number of benzene rings is 2. The SMILES string of the molecule is C.Cc1cc(N)ccc1N1CCN(C)CC1.Cc1cc(Nc2ncc(F)c(N[C@@H]3[C@H](C(N)=O)[C@@H]4C=C[C@H]3C4)n2)ccc1N1CCN(C)CC1.NC(=O)[C@H]1[C@@H](Nc2nc(Cl)ncc2F)[C@H]2C=C[C@@H]1C2. The molecule has 0 radical (unpaired) electrons. The predicted octanol–water partition coefficient (Wildman–Crippen LogP) is 5.83. The number of halogens is 3. The number of carbonyl (C=O) groups excluding carboxylic acids is 2. The Morgan fingerprint density at radius 3 is 1.60 bits per heavy atom. The highest BCUT2D eigenvalue weighted by molar-refractivity contribution is 6.28. The molecule has 2 saturated heterocycles. The molecule has 8 atom stereocenters. The number of fused-ring (bicyclic) bond motifs is 4. The highest BCUT2D eigenvalue weighted by Gasteiger charge is 2.49. The number of nitrogens with one attached hydrogen (secondary N) is 3. The molecule has 4 aromatic rings. The second-order valence-corrected chi connectivity index (χ2v) is 18.9. The molecule has 0 unspecified atom stereocenters. The van der Waals surface area contributed by atoms with Gasteiger partial charge in [0.2, 0.25) is 23.0 Å². The molecule has 6 aliphatic rings. The monoisotopic (exact) mass is 955 g/mol. The molecule has 4 aliphatic carbocycles. The van der Waals surface area contributed by atoms with Crippen molar-refractivity contribution in [1.82, 2.24) is 29.7 Å². The summed E-state index contributed by atoms with van der Waals surface area (Å²) in [7, 11) is 4.32. The maximum atomic E-state index is 14.5. The summed E-state index contributed by atoms with van der Waals surface area (Å²) in [6, 6.07) is 11.8. The van der Waals surface area contributed by atoms with Gasteiger partial charge in [-0.1, -0.05) is 31.7 Å². The van der Waals surface area contributed by atoms with E-state index in [1.54, 1.807) is 0 Å². The first-order valence-corrected chi connectivity index (χ1v) is 23.3. The Balaban J connectivity index is 0.000000165. The number of rotatable bonds is 10. The largest absolute Gasteiger partial charge is 0.399 e. The van der Waals surface area contributed by atoms with E-state index in [4.69, 9.17) is 28.8 Å². The van der Waals surface area contributed by atoms with Crippen LogP contribution in [0.1, 0.15) is 31.4 Å². The lowest BCUT2D eigenvalue weighted by molar-refractivity contribution is -0.123. The summed E-state index contributed by atoms with van der Waals surface area (Å²) >= 11 is 5.65. The topological polar surface area (TPSA) is 213 Å². The smallest absolute Gasteiger partial charge is 0.229 e. The molecule has 4 heterocycles. The molecule has 4 fully saturated rings. The lowest BCUT2D eigenvalue weighted by Crippen LogP contribution is -2.44. The minimum Gasteiger partial charge on any atom is -0.399 e. The van der Waals surface area contributed by atoms with Crippen LogP contribution in [0.25, 0.3) is 0 Å². The number of carbonyl (C=O) groups is 2. The first kappa shape index (κ1) is 49.8. The van der Waals surface area contributed by atoms with Gasteiger partial charge in [-0.2, -0.15) is 9.97 Å². The van der Waals surface area contributed by atoms with Crippen molar-refractivity contribution in [1.29, 1.82) is 0 Å². The summed E-state index contributed by atoms with van der Waals surface area (Å²) < 4.78 is 28.1. The number of primary amides is 2. The average molecular weight is 956 g/mol. The number of hydrogen-bond acceptors (Lipinski definition) is 14. The van der Waals surface area contributed by atoms with Crippen molar-refractivity contribution in [3.63, 3.8) is 0 Å². The number of likely N-dealkylation sites (N-methyl/N-ethyl adjacent to an activating group) is 2. The molecule has 364 valence electrons. The van der Waals surface area contributed by atoms with E-state index in [-0.39, 0.29) is 83.8 Å². The van der Waals surface area contributed by atoms with Crippen LogP contribution in [0.15, 0.2) is 73.1 Å². The first-order valence-electron chi connectivity index (χ1n) is 22.9. The molecular formula is C49H65ClF2N14O2. The predicted molar refractivity (Wildman–Crippen MR) is 267 cm³/mol. The lowest BCUT2D eigenvalue weighted by Gasteiger charge is -2.35. The fourth-order valence-corrected chi connectivity index (χ4v) is 10.6. The summed E-state index contributed by atoms with van der Waals surface area (Å²) in [6.07, 6.45) is 12.0. The maximum absolute atomic E-state index is 14.5. The van der Waals surface area contributed by atoms with E-state index >= 15 is 0 Å². The molecule has 0 spiro atoms. The minimum atomic E-state index is -0.598. The van der Waals surface area contributed by atoms with Gasteiger partial charge in [0.1, 0.15) is 0 Å². The molecule has 19 heteroatoms. The van der Waals surface area contributed by atoms with Crippen LogP contribution in [0.3, 0.4) is 0 Å². The highest BCUT2D eigenvalue weighted by atomic mass is 35.5. The van der Waals surface area contributed by atoms with Crippen molar-refractivity contribution in [2.75, 3.05) is 97.9 Å². The van der Waals surface area contributed by atoms with Crippen molar-refractivity contribution in [3.8, 4) is 0 Å². The van der Waals surface area contributed by atoms with Gasteiger partial charge in [0.15, 0.2) is 23.3 Å². The minimum absolute atomic E-state index is 0. The van der Waals surface area contributed by atoms with E-state index in [1.165, 1.54) is 16.9 Å². The van der Waals surface area contributed by atoms with Crippen molar-refractivity contribution >= 4 is 63.7 Å². The Labute approximate surface area is 402 Å². The fraction of sp³-hybridized carbons (Fsp3) is 0.469. The van der Waals surface area contributed by atoms with Crippen molar-refractivity contribution < 1.29 is 18.4 Å². The zero-order valence-electron chi connectivity index (χ0n) is 38.4. The number of aryl methyl sites for hydroxylation is 2. The van der Waals surface area contributed by atoms with Gasteiger partial charge >= 0.3 is 0 Å². The van der Waals surface area contributed by atoms with Crippen LogP contribution in [-0.4, -0.2) is 120 Å². The quantitative estimate of drug-likeness (QED) is 0.0628. The summed E-state index contributed by atoms with van der Waals surface area (Å²) in [5.41, 5.74) is 23.5. The van der Waals surface area contributed by atoms with E-state index in [0.717, 1.165) is 94.5 Å². The van der Waals surface area contributed by atoms with Gasteiger partial charge in [-0.3, -0.25) is 9.59 Å². The van der Waals surface area contributed by atoms with Gasteiger partial charge in [-0.15, -0.1) is 0 Å². The van der Waals surface area contributed by atoms with Gasteiger partial charge in [-0.25, -0.2) is 18.7 Å². The molecule has 2 aromatic carbocycles. The van der Waals surface area contributed by atoms with Crippen molar-refractivity contribution in [2.24, 2.45) is 47.0 Å². The van der Waals surface area contributed by atoms with E-state index in [9.17, 15) is 18.4 Å². The third kappa shape index (κ3) is 11.2. The van der Waals surface area contributed by atoms with Gasteiger partial charge < -0.3 is 52.8 Å². The molecule has 2 aliphatic heterocycles. The van der Waals surface area contributed by atoms with Crippen LogP contribution < -0.4 is 43.0 Å². The standard InChI is InChI=1S/C24H30FN7O.C12H12ClFN4O.C12H19N3.CH4/c1-14-11-17(5-6-19(14)32-9-7-31(2)8-10-32)28-24-27-13-18(25)23(30-24)29-21-16-4-3-15(12-16)20(21)22(26)33;13-12-16-4-7(14)11(18-12)17-9-6-2-1-5(3-6)8(9)10(15)19;1-10-9-11(13)3-4-12(10)15-7-5-14(2)6-8-15;/h3-6,11,13,15-16,20-21H,7-10,12H2,1-2H3,(H2,26,33)(H2,27,28,29,30);1-2,4-6,8-9H,3H2,(H2,15,19)(H,16,17,18);3-4,9H,5-8,13H2,1-2H3;1H4/t15-,16+,20-,21+;5-,6+,8-,9+;;/m11../s1. The Morgan fingerprint density at radius 1 is 0.662 bits per heavy atom. The normalized spacial score (nSPS) is 25.8. The summed E-state index contributed by atoms with van der Waals surface area (Å²) in [5, 5.41) is 9.22. The van der Waals surface area contributed by atoms with Crippen LogP contribution in [0.5, 0.6) is 0 Å². The number of nitrogens with zero attached hydrogens (tertiary/aromatic N) is 8. The molecule has 2 saturated carbocycles. The number of amides is 2. The molecular weight excluding hydrogens is 890 g/mol. The van der Waals surface area contributed by atoms with Gasteiger partial charge in [0, 0.05) is 87.2 Å².